The summed E-state index contributed by atoms with van der Waals surface area (Å²) in [5, 5.41) is 7.39. The molecule has 2 amide bonds. The SMILES string of the molecule is O=C(c1ccc(CSc2ncn[nH]2)cc1)N1CCN(C(=O)c2ccoc2)CC1. The summed E-state index contributed by atoms with van der Waals surface area (Å²) in [4.78, 5) is 32.7. The Kier molecular flexibility index (Phi) is 5.43. The lowest BCUT2D eigenvalue weighted by Crippen LogP contribution is -2.50. The van der Waals surface area contributed by atoms with Gasteiger partial charge in [0.25, 0.3) is 11.8 Å². The van der Waals surface area contributed by atoms with E-state index in [4.69, 9.17) is 4.42 Å². The normalized spacial score (nSPS) is 14.3. The van der Waals surface area contributed by atoms with Crippen LogP contribution in [0.3, 0.4) is 0 Å². The minimum atomic E-state index is -0.0607. The zero-order chi connectivity index (χ0) is 19.3. The summed E-state index contributed by atoms with van der Waals surface area (Å²) < 4.78 is 4.97. The lowest BCUT2D eigenvalue weighted by molar-refractivity contribution is 0.0535. The molecule has 3 heterocycles. The molecule has 9 heteroatoms. The van der Waals surface area contributed by atoms with Gasteiger partial charge in [0, 0.05) is 37.5 Å². The van der Waals surface area contributed by atoms with Crippen molar-refractivity contribution in [1.29, 1.82) is 0 Å². The highest BCUT2D eigenvalue weighted by atomic mass is 32.2. The second kappa shape index (κ2) is 8.30. The Bertz CT molecular complexity index is 917. The number of nitrogens with zero attached hydrogens (tertiary/aromatic N) is 4. The standard InChI is InChI=1S/C19H19N5O3S/c25-17(15-3-1-14(2-4-15)12-28-19-20-13-21-22-19)23-6-8-24(9-7-23)18(26)16-5-10-27-11-16/h1-5,10-11,13H,6-9,12H2,(H,20,21,22). The van der Waals surface area contributed by atoms with E-state index in [2.05, 4.69) is 15.2 Å². The van der Waals surface area contributed by atoms with E-state index in [1.165, 1.54) is 18.9 Å². The number of furan rings is 1. The van der Waals surface area contributed by atoms with Crippen molar-refractivity contribution in [2.75, 3.05) is 26.2 Å². The van der Waals surface area contributed by atoms with Crippen molar-refractivity contribution < 1.29 is 14.0 Å². The predicted octanol–water partition coefficient (Wildman–Crippen LogP) is 2.29. The minimum absolute atomic E-state index is 0.00940. The Balaban J connectivity index is 1.30. The number of rotatable bonds is 5. The molecule has 0 radical (unpaired) electrons. The van der Waals surface area contributed by atoms with E-state index < -0.39 is 0 Å². The van der Waals surface area contributed by atoms with Crippen LogP contribution in [0.5, 0.6) is 0 Å². The molecule has 144 valence electrons. The zero-order valence-electron chi connectivity index (χ0n) is 15.1. The first-order valence-electron chi connectivity index (χ1n) is 8.88. The van der Waals surface area contributed by atoms with Crippen LogP contribution in [0.15, 0.2) is 58.8 Å². The molecular formula is C19H19N5O3S. The summed E-state index contributed by atoms with van der Waals surface area (Å²) in [5.41, 5.74) is 2.30. The van der Waals surface area contributed by atoms with E-state index in [-0.39, 0.29) is 11.8 Å². The van der Waals surface area contributed by atoms with Crippen molar-refractivity contribution in [3.8, 4) is 0 Å². The third kappa shape index (κ3) is 4.09. The molecule has 0 saturated carbocycles. The topological polar surface area (TPSA) is 95.3 Å². The van der Waals surface area contributed by atoms with Gasteiger partial charge in [0.15, 0.2) is 5.16 Å². The Morgan fingerprint density at radius 3 is 2.25 bits per heavy atom. The van der Waals surface area contributed by atoms with Crippen LogP contribution in [0.1, 0.15) is 26.3 Å². The number of aromatic nitrogens is 3. The molecule has 1 aliphatic rings. The summed E-state index contributed by atoms with van der Waals surface area (Å²) in [6.45, 7) is 2.07. The molecule has 1 N–H and O–H groups in total. The first-order chi connectivity index (χ1) is 13.7. The van der Waals surface area contributed by atoms with Gasteiger partial charge in [-0.25, -0.2) is 4.98 Å². The van der Waals surface area contributed by atoms with Gasteiger partial charge in [-0.05, 0) is 23.8 Å². The number of benzene rings is 1. The maximum atomic E-state index is 12.7. The smallest absolute Gasteiger partial charge is 0.257 e. The highest BCUT2D eigenvalue weighted by Crippen LogP contribution is 2.19. The number of carbonyl (C=O) groups is 2. The van der Waals surface area contributed by atoms with E-state index in [0.717, 1.165) is 16.5 Å². The van der Waals surface area contributed by atoms with E-state index in [1.54, 1.807) is 27.6 Å². The van der Waals surface area contributed by atoms with Crippen LogP contribution >= 0.6 is 11.8 Å². The Labute approximate surface area is 165 Å². The fourth-order valence-corrected chi connectivity index (χ4v) is 3.76. The number of H-pyrrole nitrogens is 1. The number of hydrogen-bond donors (Lipinski definition) is 1. The Morgan fingerprint density at radius 1 is 1.00 bits per heavy atom. The highest BCUT2D eigenvalue weighted by Gasteiger charge is 2.25. The van der Waals surface area contributed by atoms with Gasteiger partial charge in [-0.1, -0.05) is 23.9 Å². The number of amides is 2. The number of nitrogens with one attached hydrogen (secondary N) is 1. The van der Waals surface area contributed by atoms with Crippen LogP contribution in [-0.2, 0) is 5.75 Å². The van der Waals surface area contributed by atoms with Crippen molar-refractivity contribution in [3.05, 3.63) is 65.9 Å². The molecule has 2 aromatic heterocycles. The maximum absolute atomic E-state index is 12.7. The fourth-order valence-electron chi connectivity index (χ4n) is 3.02. The summed E-state index contributed by atoms with van der Waals surface area (Å²) in [5.74, 6) is 0.678. The third-order valence-corrected chi connectivity index (χ3v) is 5.54. The molecule has 1 aliphatic heterocycles. The molecule has 8 nitrogen and oxygen atoms in total. The van der Waals surface area contributed by atoms with Crippen LogP contribution in [0.2, 0.25) is 0 Å². The van der Waals surface area contributed by atoms with E-state index in [0.29, 0.717) is 37.3 Å². The average molecular weight is 397 g/mol. The summed E-state index contributed by atoms with van der Waals surface area (Å²) in [7, 11) is 0. The van der Waals surface area contributed by atoms with Gasteiger partial charge in [-0.15, -0.1) is 0 Å². The number of piperazine rings is 1. The van der Waals surface area contributed by atoms with Crippen LogP contribution in [0, 0.1) is 0 Å². The average Bonchev–Trinajstić information content (AvgIpc) is 3.46. The van der Waals surface area contributed by atoms with Crippen molar-refractivity contribution >= 4 is 23.6 Å². The van der Waals surface area contributed by atoms with Gasteiger partial charge in [-0.3, -0.25) is 14.7 Å². The summed E-state index contributed by atoms with van der Waals surface area (Å²) in [6, 6.07) is 9.26. The number of aromatic amines is 1. The molecular weight excluding hydrogens is 378 g/mol. The van der Waals surface area contributed by atoms with Gasteiger partial charge < -0.3 is 14.2 Å². The van der Waals surface area contributed by atoms with Crippen molar-refractivity contribution in [2.45, 2.75) is 10.9 Å². The second-order valence-electron chi connectivity index (χ2n) is 6.37. The minimum Gasteiger partial charge on any atom is -0.472 e. The molecule has 4 rings (SSSR count). The number of thioether (sulfide) groups is 1. The largest absolute Gasteiger partial charge is 0.472 e. The molecule has 0 bridgehead atoms. The molecule has 1 saturated heterocycles. The van der Waals surface area contributed by atoms with Crippen molar-refractivity contribution in [2.24, 2.45) is 0 Å². The maximum Gasteiger partial charge on any atom is 0.257 e. The van der Waals surface area contributed by atoms with Gasteiger partial charge in [0.2, 0.25) is 0 Å². The first kappa shape index (κ1) is 18.3. The molecule has 0 unspecified atom stereocenters. The van der Waals surface area contributed by atoms with E-state index in [1.807, 2.05) is 24.3 Å². The molecule has 1 aromatic carbocycles. The highest BCUT2D eigenvalue weighted by molar-refractivity contribution is 7.98. The van der Waals surface area contributed by atoms with Crippen LogP contribution < -0.4 is 0 Å². The Hall–Kier alpha value is -3.07. The lowest BCUT2D eigenvalue weighted by atomic mass is 10.1. The monoisotopic (exact) mass is 397 g/mol. The summed E-state index contributed by atoms with van der Waals surface area (Å²) in [6.07, 6.45) is 4.41. The van der Waals surface area contributed by atoms with Crippen LogP contribution in [-0.4, -0.2) is 63.0 Å². The third-order valence-electron chi connectivity index (χ3n) is 4.59. The van der Waals surface area contributed by atoms with Crippen molar-refractivity contribution in [1.82, 2.24) is 25.0 Å². The van der Waals surface area contributed by atoms with Crippen LogP contribution in [0.25, 0.3) is 0 Å². The van der Waals surface area contributed by atoms with Crippen molar-refractivity contribution in [3.63, 3.8) is 0 Å². The van der Waals surface area contributed by atoms with Gasteiger partial charge in [0.05, 0.1) is 11.8 Å². The van der Waals surface area contributed by atoms with Gasteiger partial charge in [-0.2, -0.15) is 5.10 Å². The molecule has 0 atom stereocenters. The Morgan fingerprint density at radius 2 is 1.68 bits per heavy atom. The molecule has 28 heavy (non-hydrogen) atoms. The predicted molar refractivity (Wildman–Crippen MR) is 103 cm³/mol. The fraction of sp³-hybridized carbons (Fsp3) is 0.263. The van der Waals surface area contributed by atoms with Gasteiger partial charge in [0.1, 0.15) is 12.6 Å². The number of carbonyl (C=O) groups excluding carboxylic acids is 2. The van der Waals surface area contributed by atoms with E-state index in [9.17, 15) is 9.59 Å². The zero-order valence-corrected chi connectivity index (χ0v) is 15.9. The number of hydrogen-bond acceptors (Lipinski definition) is 6. The molecule has 0 spiro atoms. The lowest BCUT2D eigenvalue weighted by Gasteiger charge is -2.34. The molecule has 3 aromatic rings. The van der Waals surface area contributed by atoms with E-state index >= 15 is 0 Å². The quantitative estimate of drug-likeness (QED) is 0.664. The molecule has 1 fully saturated rings. The summed E-state index contributed by atoms with van der Waals surface area (Å²) >= 11 is 1.56. The van der Waals surface area contributed by atoms with Crippen LogP contribution in [0.4, 0.5) is 0 Å². The van der Waals surface area contributed by atoms with Gasteiger partial charge >= 0.3 is 0 Å². The second-order valence-corrected chi connectivity index (χ2v) is 7.34. The first-order valence-corrected chi connectivity index (χ1v) is 9.87. The molecule has 0 aliphatic carbocycles.